The van der Waals surface area contributed by atoms with E-state index in [0.29, 0.717) is 59.3 Å². The molecular weight excluding hydrogens is 572 g/mol. The van der Waals surface area contributed by atoms with Crippen LogP contribution in [0.1, 0.15) is 85.9 Å². The summed E-state index contributed by atoms with van der Waals surface area (Å²) in [4.78, 5) is 28.2. The number of nitrogen functional groups attached to an aromatic ring is 2. The zero-order valence-electron chi connectivity index (χ0n) is 27.9. The molecule has 2 aromatic heterocycles. The van der Waals surface area contributed by atoms with Gasteiger partial charge in [0.25, 0.3) is 0 Å². The second kappa shape index (κ2) is 12.8. The molecule has 1 saturated carbocycles. The maximum Gasteiger partial charge on any atom is 0.224 e. The van der Waals surface area contributed by atoms with Crippen LogP contribution in [0.4, 0.5) is 17.2 Å². The van der Waals surface area contributed by atoms with Crippen molar-refractivity contribution in [1.29, 1.82) is 0 Å². The number of hydrogen-bond donors (Lipinski definition) is 3. The number of methoxy groups -OCH3 is 1. The molecule has 12 nitrogen and oxygen atoms in total. The Labute approximate surface area is 266 Å². The predicted octanol–water partition coefficient (Wildman–Crippen LogP) is 4.86. The lowest BCUT2D eigenvalue weighted by Gasteiger charge is -2.46. The van der Waals surface area contributed by atoms with Crippen LogP contribution in [0.3, 0.4) is 0 Å². The lowest BCUT2D eigenvalue weighted by Crippen LogP contribution is -2.53. The monoisotopic (exact) mass is 622 g/mol. The van der Waals surface area contributed by atoms with Gasteiger partial charge in [0.15, 0.2) is 23.5 Å². The quantitative estimate of drug-likeness (QED) is 0.252. The summed E-state index contributed by atoms with van der Waals surface area (Å²) in [5.41, 5.74) is 15.8. The second-order valence-corrected chi connectivity index (χ2v) is 14.3. The Kier molecular flexibility index (Phi) is 9.42. The SMILES string of the molecule is CO[C@H](CN(C(C)C)C1CC(CCC(=O)Nc2ccc(C(C)(C)C)cc2N)C1)[C@H]1OC(C)(C)O[C@H]1n1cnc2c(N)ncnc21. The summed E-state index contributed by atoms with van der Waals surface area (Å²) in [6.45, 7) is 15.3. The molecule has 2 aliphatic rings. The summed E-state index contributed by atoms with van der Waals surface area (Å²) in [7, 11) is 1.71. The standard InChI is InChI=1S/C33H50N8O4/c1-19(2)40(22-13-20(14-22)9-12-26(42)39-24-11-10-21(15-23(24)34)32(3,4)5)16-25(43-8)28-31(45-33(6,7)44-28)41-18-38-27-29(35)36-17-37-30(27)41/h10-11,15,17-20,22,25,28,31H,9,12-14,16,34H2,1-8H3,(H,39,42)(H2,35,36,37)/t20?,22?,25-,28-,31-/m1/s1. The number of hydrogen-bond acceptors (Lipinski definition) is 10. The zero-order valence-corrected chi connectivity index (χ0v) is 27.9. The maximum atomic E-state index is 12.8. The van der Waals surface area contributed by atoms with Crippen molar-refractivity contribution in [1.82, 2.24) is 24.4 Å². The van der Waals surface area contributed by atoms with Gasteiger partial charge < -0.3 is 31.0 Å². The van der Waals surface area contributed by atoms with Crippen LogP contribution >= 0.6 is 0 Å². The summed E-state index contributed by atoms with van der Waals surface area (Å²) in [6.07, 6.45) is 5.27. The van der Waals surface area contributed by atoms with Crippen molar-refractivity contribution in [3.8, 4) is 0 Å². The largest absolute Gasteiger partial charge is 0.397 e. The lowest BCUT2D eigenvalue weighted by atomic mass is 9.76. The third-order valence-electron chi connectivity index (χ3n) is 9.14. The van der Waals surface area contributed by atoms with Gasteiger partial charge >= 0.3 is 0 Å². The Morgan fingerprint density at radius 1 is 1.18 bits per heavy atom. The van der Waals surface area contributed by atoms with E-state index in [2.05, 4.69) is 59.8 Å². The van der Waals surface area contributed by atoms with E-state index < -0.39 is 18.1 Å². The molecule has 45 heavy (non-hydrogen) atoms. The number of ether oxygens (including phenoxy) is 3. The molecule has 5 rings (SSSR count). The van der Waals surface area contributed by atoms with E-state index in [4.69, 9.17) is 25.7 Å². The highest BCUT2D eigenvalue weighted by Gasteiger charge is 2.48. The number of anilines is 3. The van der Waals surface area contributed by atoms with Gasteiger partial charge in [-0.25, -0.2) is 15.0 Å². The van der Waals surface area contributed by atoms with Gasteiger partial charge in [-0.2, -0.15) is 0 Å². The van der Waals surface area contributed by atoms with Crippen LogP contribution in [0.15, 0.2) is 30.9 Å². The molecule has 3 aromatic rings. The van der Waals surface area contributed by atoms with Gasteiger partial charge in [-0.15, -0.1) is 0 Å². The van der Waals surface area contributed by atoms with Crippen molar-refractivity contribution in [3.05, 3.63) is 36.4 Å². The van der Waals surface area contributed by atoms with E-state index in [-0.39, 0.29) is 17.4 Å². The number of imidazole rings is 1. The van der Waals surface area contributed by atoms with Gasteiger partial charge in [-0.1, -0.05) is 26.8 Å². The third kappa shape index (κ3) is 7.24. The fourth-order valence-electron chi connectivity index (χ4n) is 6.50. The van der Waals surface area contributed by atoms with Crippen LogP contribution in [0.5, 0.6) is 0 Å². The molecule has 0 bridgehead atoms. The molecule has 1 aromatic carbocycles. The smallest absolute Gasteiger partial charge is 0.224 e. The molecule has 0 unspecified atom stereocenters. The minimum Gasteiger partial charge on any atom is -0.397 e. The fraction of sp³-hybridized carbons (Fsp3) is 0.636. The lowest BCUT2D eigenvalue weighted by molar-refractivity contribution is -0.163. The number of aromatic nitrogens is 4. The first-order valence-corrected chi connectivity index (χ1v) is 15.9. The van der Waals surface area contributed by atoms with Crippen molar-refractivity contribution < 1.29 is 19.0 Å². The Morgan fingerprint density at radius 2 is 1.91 bits per heavy atom. The molecule has 12 heteroatoms. The summed E-state index contributed by atoms with van der Waals surface area (Å²) in [5.74, 6) is -0.0202. The van der Waals surface area contributed by atoms with Crippen LogP contribution in [0, 0.1) is 5.92 Å². The first-order chi connectivity index (χ1) is 21.2. The van der Waals surface area contributed by atoms with E-state index >= 15 is 0 Å². The third-order valence-corrected chi connectivity index (χ3v) is 9.14. The minimum atomic E-state index is -0.828. The van der Waals surface area contributed by atoms with Crippen LogP contribution in [0.25, 0.3) is 11.2 Å². The molecule has 3 atom stereocenters. The van der Waals surface area contributed by atoms with Gasteiger partial charge in [0.1, 0.15) is 24.1 Å². The van der Waals surface area contributed by atoms with Crippen LogP contribution in [-0.2, 0) is 24.4 Å². The molecule has 1 amide bonds. The van der Waals surface area contributed by atoms with E-state index in [1.54, 1.807) is 13.4 Å². The summed E-state index contributed by atoms with van der Waals surface area (Å²) >= 11 is 0. The van der Waals surface area contributed by atoms with Crippen LogP contribution in [0.2, 0.25) is 0 Å². The van der Waals surface area contributed by atoms with Crippen molar-refractivity contribution in [2.45, 2.75) is 116 Å². The van der Waals surface area contributed by atoms with Gasteiger partial charge in [0.05, 0.1) is 17.7 Å². The molecule has 1 aliphatic carbocycles. The number of benzene rings is 1. The van der Waals surface area contributed by atoms with Gasteiger partial charge in [0.2, 0.25) is 5.91 Å². The number of nitrogens with two attached hydrogens (primary N) is 2. The van der Waals surface area contributed by atoms with Crippen molar-refractivity contribution in [3.63, 3.8) is 0 Å². The van der Waals surface area contributed by atoms with Crippen molar-refractivity contribution >= 4 is 34.3 Å². The topological polar surface area (TPSA) is 156 Å². The highest BCUT2D eigenvalue weighted by atomic mass is 16.8. The highest BCUT2D eigenvalue weighted by Crippen LogP contribution is 2.41. The molecular formula is C33H50N8O4. The number of nitrogens with zero attached hydrogens (tertiary/aromatic N) is 5. The number of fused-ring (bicyclic) bond motifs is 1. The first-order valence-electron chi connectivity index (χ1n) is 15.9. The summed E-state index contributed by atoms with van der Waals surface area (Å²) < 4.78 is 20.8. The average Bonchev–Trinajstić information content (AvgIpc) is 3.50. The van der Waals surface area contributed by atoms with E-state index in [0.717, 1.165) is 24.8 Å². The molecule has 246 valence electrons. The first kappa shape index (κ1) is 33.1. The molecule has 5 N–H and O–H groups in total. The van der Waals surface area contributed by atoms with Crippen LogP contribution in [-0.4, -0.2) is 74.1 Å². The number of amides is 1. The Hall–Kier alpha value is -3.32. The Balaban J connectivity index is 1.18. The summed E-state index contributed by atoms with van der Waals surface area (Å²) in [6, 6.07) is 6.58. The molecule has 1 saturated heterocycles. The number of rotatable bonds is 11. The van der Waals surface area contributed by atoms with Crippen molar-refractivity contribution in [2.75, 3.05) is 30.4 Å². The van der Waals surface area contributed by atoms with E-state index in [1.165, 1.54) is 6.33 Å². The molecule has 2 fully saturated rings. The fourth-order valence-corrected chi connectivity index (χ4v) is 6.50. The molecule has 3 heterocycles. The molecule has 1 aliphatic heterocycles. The van der Waals surface area contributed by atoms with Gasteiger partial charge in [-0.05, 0) is 76.0 Å². The average molecular weight is 623 g/mol. The maximum absolute atomic E-state index is 12.8. The Bertz CT molecular complexity index is 1490. The molecule has 0 radical (unpaired) electrons. The van der Waals surface area contributed by atoms with E-state index in [1.807, 2.05) is 36.6 Å². The normalized spacial score (nSPS) is 23.9. The van der Waals surface area contributed by atoms with Crippen molar-refractivity contribution in [2.24, 2.45) is 5.92 Å². The van der Waals surface area contributed by atoms with Gasteiger partial charge in [0, 0.05) is 32.2 Å². The van der Waals surface area contributed by atoms with E-state index in [9.17, 15) is 4.79 Å². The predicted molar refractivity (Wildman–Crippen MR) is 175 cm³/mol. The molecule has 0 spiro atoms. The summed E-state index contributed by atoms with van der Waals surface area (Å²) in [5, 5.41) is 3.01. The Morgan fingerprint density at radius 3 is 2.56 bits per heavy atom. The zero-order chi connectivity index (χ0) is 32.7. The number of carbonyl (C=O) groups excluding carboxylic acids is 1. The van der Waals surface area contributed by atoms with Gasteiger partial charge in [-0.3, -0.25) is 14.3 Å². The number of carbonyl (C=O) groups is 1. The minimum absolute atomic E-state index is 0.0000806. The highest BCUT2D eigenvalue weighted by molar-refractivity contribution is 5.93. The second-order valence-electron chi connectivity index (χ2n) is 14.3. The van der Waals surface area contributed by atoms with Crippen LogP contribution < -0.4 is 16.8 Å². The number of nitrogens with one attached hydrogen (secondary N) is 1.